The van der Waals surface area contributed by atoms with Crippen LogP contribution in [0.3, 0.4) is 0 Å². The standard InChI is InChI=1S/C11H11ClN2O3/c1-11(3-2-4-17-11)7-5-6(13)8(12)9(14-7)10(15)16/h2,4-5H,3H2,1H3,(H2,13,14)(H,15,16). The first-order valence-electron chi connectivity index (χ1n) is 4.96. The largest absolute Gasteiger partial charge is 0.489 e. The van der Waals surface area contributed by atoms with Gasteiger partial charge in [-0.2, -0.15) is 0 Å². The molecule has 2 rings (SSSR count). The number of aromatic nitrogens is 1. The second kappa shape index (κ2) is 3.92. The summed E-state index contributed by atoms with van der Waals surface area (Å²) in [7, 11) is 0. The summed E-state index contributed by atoms with van der Waals surface area (Å²) >= 11 is 5.79. The Kier molecular flexibility index (Phi) is 2.71. The lowest BCUT2D eigenvalue weighted by molar-refractivity contribution is 0.0556. The fourth-order valence-corrected chi connectivity index (χ4v) is 1.82. The van der Waals surface area contributed by atoms with Crippen LogP contribution in [0.5, 0.6) is 0 Å². The van der Waals surface area contributed by atoms with Gasteiger partial charge >= 0.3 is 5.97 Å². The quantitative estimate of drug-likeness (QED) is 0.845. The lowest BCUT2D eigenvalue weighted by Gasteiger charge is -2.23. The lowest BCUT2D eigenvalue weighted by atomic mass is 9.98. The topological polar surface area (TPSA) is 85.4 Å². The third-order valence-corrected chi connectivity index (χ3v) is 3.06. The van der Waals surface area contributed by atoms with E-state index in [-0.39, 0.29) is 16.4 Å². The Morgan fingerprint density at radius 3 is 2.94 bits per heavy atom. The van der Waals surface area contributed by atoms with Gasteiger partial charge in [-0.3, -0.25) is 0 Å². The number of nitrogen functional groups attached to an aromatic ring is 1. The monoisotopic (exact) mass is 254 g/mol. The molecule has 1 aromatic rings. The lowest BCUT2D eigenvalue weighted by Crippen LogP contribution is -2.23. The highest BCUT2D eigenvalue weighted by Crippen LogP contribution is 2.35. The Labute approximate surface area is 103 Å². The minimum Gasteiger partial charge on any atom is -0.489 e. The first-order chi connectivity index (χ1) is 7.94. The zero-order valence-corrected chi connectivity index (χ0v) is 9.86. The van der Waals surface area contributed by atoms with Crippen molar-refractivity contribution in [1.29, 1.82) is 0 Å². The van der Waals surface area contributed by atoms with Crippen molar-refractivity contribution in [2.45, 2.75) is 18.9 Å². The maximum atomic E-state index is 11.0. The number of aromatic carboxylic acids is 1. The summed E-state index contributed by atoms with van der Waals surface area (Å²) < 4.78 is 5.42. The number of nitrogens with two attached hydrogens (primary N) is 1. The molecule has 0 aliphatic carbocycles. The van der Waals surface area contributed by atoms with Crippen molar-refractivity contribution in [3.63, 3.8) is 0 Å². The second-order valence-corrected chi connectivity index (χ2v) is 4.37. The molecule has 3 N–H and O–H groups in total. The van der Waals surface area contributed by atoms with Crippen LogP contribution in [-0.2, 0) is 10.3 Å². The molecule has 0 saturated heterocycles. The van der Waals surface area contributed by atoms with Gasteiger partial charge in [0.05, 0.1) is 22.7 Å². The molecule has 6 heteroatoms. The van der Waals surface area contributed by atoms with E-state index in [0.29, 0.717) is 12.1 Å². The molecular formula is C11H11ClN2O3. The molecule has 0 aromatic carbocycles. The number of hydrogen-bond donors (Lipinski definition) is 2. The minimum atomic E-state index is -1.21. The van der Waals surface area contributed by atoms with E-state index in [4.69, 9.17) is 27.2 Å². The summed E-state index contributed by atoms with van der Waals surface area (Å²) in [5.41, 5.74) is 5.39. The van der Waals surface area contributed by atoms with Crippen LogP contribution in [0.25, 0.3) is 0 Å². The van der Waals surface area contributed by atoms with E-state index in [1.54, 1.807) is 12.3 Å². The van der Waals surface area contributed by atoms with Crippen LogP contribution in [0.2, 0.25) is 5.02 Å². The number of halogens is 1. The smallest absolute Gasteiger partial charge is 0.356 e. The van der Waals surface area contributed by atoms with Crippen molar-refractivity contribution in [2.75, 3.05) is 5.73 Å². The van der Waals surface area contributed by atoms with Crippen molar-refractivity contribution in [2.24, 2.45) is 0 Å². The van der Waals surface area contributed by atoms with Crippen LogP contribution in [-0.4, -0.2) is 16.1 Å². The molecule has 1 unspecified atom stereocenters. The van der Waals surface area contributed by atoms with Crippen molar-refractivity contribution in [1.82, 2.24) is 4.98 Å². The number of ether oxygens (including phenoxy) is 1. The molecule has 1 aromatic heterocycles. The average Bonchev–Trinajstić information content (AvgIpc) is 2.69. The molecule has 2 heterocycles. The molecule has 1 aliphatic heterocycles. The molecule has 0 amide bonds. The van der Waals surface area contributed by atoms with Crippen LogP contribution < -0.4 is 5.73 Å². The van der Waals surface area contributed by atoms with E-state index in [0.717, 1.165) is 0 Å². The third-order valence-electron chi connectivity index (χ3n) is 2.66. The predicted octanol–water partition coefficient (Wildman–Crippen LogP) is 2.16. The second-order valence-electron chi connectivity index (χ2n) is 3.99. The molecule has 1 aliphatic rings. The first kappa shape index (κ1) is 11.7. The molecule has 5 nitrogen and oxygen atoms in total. The number of rotatable bonds is 2. The Morgan fingerprint density at radius 1 is 1.71 bits per heavy atom. The van der Waals surface area contributed by atoms with Crippen molar-refractivity contribution in [3.05, 3.63) is 34.8 Å². The van der Waals surface area contributed by atoms with Gasteiger partial charge in [0.1, 0.15) is 0 Å². The zero-order chi connectivity index (χ0) is 12.6. The van der Waals surface area contributed by atoms with Gasteiger partial charge in [0, 0.05) is 6.42 Å². The molecule has 17 heavy (non-hydrogen) atoms. The van der Waals surface area contributed by atoms with Crippen LogP contribution in [0, 0.1) is 0 Å². The molecule has 0 fully saturated rings. The Hall–Kier alpha value is -1.75. The number of carboxylic acid groups (broad SMARTS) is 1. The summed E-state index contributed by atoms with van der Waals surface area (Å²) in [5, 5.41) is 8.94. The first-order valence-corrected chi connectivity index (χ1v) is 5.34. The van der Waals surface area contributed by atoms with Gasteiger partial charge < -0.3 is 15.6 Å². The van der Waals surface area contributed by atoms with Crippen molar-refractivity contribution in [3.8, 4) is 0 Å². The highest BCUT2D eigenvalue weighted by Gasteiger charge is 2.33. The highest BCUT2D eigenvalue weighted by molar-refractivity contribution is 6.35. The minimum absolute atomic E-state index is 0.0455. The number of anilines is 1. The normalized spacial score (nSPS) is 22.5. The Bertz CT molecular complexity index is 506. The van der Waals surface area contributed by atoms with Gasteiger partial charge in [-0.25, -0.2) is 9.78 Å². The highest BCUT2D eigenvalue weighted by atomic mass is 35.5. The average molecular weight is 255 g/mol. The molecule has 0 radical (unpaired) electrons. The van der Waals surface area contributed by atoms with Crippen LogP contribution in [0.15, 0.2) is 18.4 Å². The fraction of sp³-hybridized carbons (Fsp3) is 0.273. The third kappa shape index (κ3) is 1.93. The maximum absolute atomic E-state index is 11.0. The SMILES string of the molecule is CC1(c2cc(N)c(Cl)c(C(=O)O)n2)CC=CO1. The van der Waals surface area contributed by atoms with Crippen molar-refractivity contribution < 1.29 is 14.6 Å². The number of carbonyl (C=O) groups is 1. The maximum Gasteiger partial charge on any atom is 0.356 e. The van der Waals surface area contributed by atoms with Crippen LogP contribution in [0.4, 0.5) is 5.69 Å². The number of nitrogens with zero attached hydrogens (tertiary/aromatic N) is 1. The van der Waals surface area contributed by atoms with Crippen LogP contribution >= 0.6 is 11.6 Å². The molecular weight excluding hydrogens is 244 g/mol. The van der Waals surface area contributed by atoms with E-state index in [1.165, 1.54) is 0 Å². The zero-order valence-electron chi connectivity index (χ0n) is 9.11. The number of hydrogen-bond acceptors (Lipinski definition) is 4. The van der Waals surface area contributed by atoms with Gasteiger partial charge in [-0.1, -0.05) is 11.6 Å². The molecule has 1 atom stereocenters. The Balaban J connectivity index is 2.53. The molecule has 90 valence electrons. The number of pyridine rings is 1. The summed E-state index contributed by atoms with van der Waals surface area (Å²) in [4.78, 5) is 15.0. The van der Waals surface area contributed by atoms with Gasteiger partial charge in [0.25, 0.3) is 0 Å². The van der Waals surface area contributed by atoms with Crippen LogP contribution in [0.1, 0.15) is 29.5 Å². The molecule has 0 saturated carbocycles. The van der Waals surface area contributed by atoms with E-state index in [1.807, 2.05) is 13.0 Å². The van der Waals surface area contributed by atoms with Crippen molar-refractivity contribution >= 4 is 23.3 Å². The molecule has 0 spiro atoms. The fourth-order valence-electron chi connectivity index (χ4n) is 1.65. The van der Waals surface area contributed by atoms with E-state index in [9.17, 15) is 4.79 Å². The van der Waals surface area contributed by atoms with Gasteiger partial charge in [0.2, 0.25) is 0 Å². The summed E-state index contributed by atoms with van der Waals surface area (Å²) in [6.07, 6.45) is 4.01. The van der Waals surface area contributed by atoms with Gasteiger partial charge in [-0.15, -0.1) is 0 Å². The summed E-state index contributed by atoms with van der Waals surface area (Å²) in [6.45, 7) is 1.81. The predicted molar refractivity (Wildman–Crippen MR) is 62.8 cm³/mol. The summed E-state index contributed by atoms with van der Waals surface area (Å²) in [5.74, 6) is -1.21. The molecule has 0 bridgehead atoms. The Morgan fingerprint density at radius 2 is 2.41 bits per heavy atom. The van der Waals surface area contributed by atoms with E-state index >= 15 is 0 Å². The van der Waals surface area contributed by atoms with E-state index < -0.39 is 11.6 Å². The van der Waals surface area contributed by atoms with Gasteiger partial charge in [0.15, 0.2) is 11.3 Å². The summed E-state index contributed by atoms with van der Waals surface area (Å²) in [6, 6.07) is 1.54. The van der Waals surface area contributed by atoms with Gasteiger partial charge in [-0.05, 0) is 19.1 Å². The number of carboxylic acids is 1. The van der Waals surface area contributed by atoms with E-state index in [2.05, 4.69) is 4.98 Å².